The van der Waals surface area contributed by atoms with E-state index in [9.17, 15) is 9.59 Å². The van der Waals surface area contributed by atoms with Crippen LogP contribution in [0.5, 0.6) is 0 Å². The molecule has 2 saturated heterocycles. The number of nitrogens with one attached hydrogen (secondary N) is 1. The molecule has 7 heteroatoms. The lowest BCUT2D eigenvalue weighted by atomic mass is 9.81. The Bertz CT molecular complexity index is 1060. The Morgan fingerprint density at radius 3 is 2.74 bits per heavy atom. The van der Waals surface area contributed by atoms with Crippen molar-refractivity contribution in [1.29, 1.82) is 0 Å². The summed E-state index contributed by atoms with van der Waals surface area (Å²) in [5.41, 5.74) is 1.31. The van der Waals surface area contributed by atoms with E-state index in [1.54, 1.807) is 0 Å². The Labute approximate surface area is 161 Å². The first-order valence-corrected chi connectivity index (χ1v) is 9.82. The summed E-state index contributed by atoms with van der Waals surface area (Å²) in [4.78, 5) is 29.7. The number of urea groups is 1. The average Bonchev–Trinajstić information content (AvgIpc) is 3.38. The third kappa shape index (κ3) is 2.22. The number of rotatable bonds is 2. The number of aryl methyl sites for hydroxylation is 1. The van der Waals surface area contributed by atoms with Gasteiger partial charge in [-0.1, -0.05) is 18.2 Å². The zero-order chi connectivity index (χ0) is 18.8. The number of benzene rings is 1. The van der Waals surface area contributed by atoms with Gasteiger partial charge in [0.1, 0.15) is 10.5 Å². The van der Waals surface area contributed by atoms with Crippen LogP contribution in [-0.2, 0) is 11.8 Å². The summed E-state index contributed by atoms with van der Waals surface area (Å²) in [5.74, 6) is -0.257. The van der Waals surface area contributed by atoms with Crippen molar-refractivity contribution in [3.05, 3.63) is 53.5 Å². The van der Waals surface area contributed by atoms with E-state index in [-0.39, 0.29) is 17.9 Å². The number of aromatic nitrogens is 1. The molecule has 1 spiro atoms. The summed E-state index contributed by atoms with van der Waals surface area (Å²) in [7, 11) is 4.02. The van der Waals surface area contributed by atoms with Crippen LogP contribution in [-0.4, -0.2) is 47.1 Å². The lowest BCUT2D eigenvalue weighted by Crippen LogP contribution is -2.52. The minimum absolute atomic E-state index is 0.102. The van der Waals surface area contributed by atoms with Crippen molar-refractivity contribution in [2.24, 2.45) is 7.05 Å². The molecular weight excluding hydrogens is 360 g/mol. The molecule has 4 heterocycles. The predicted octanol–water partition coefficient (Wildman–Crippen LogP) is 2.76. The van der Waals surface area contributed by atoms with E-state index < -0.39 is 5.54 Å². The number of carbonyl (C=O) groups is 2. The highest BCUT2D eigenvalue weighted by Crippen LogP contribution is 2.44. The second-order valence-electron chi connectivity index (χ2n) is 7.46. The number of nitrogens with zero attached hydrogens (tertiary/aromatic N) is 3. The number of para-hydroxylation sites is 1. The van der Waals surface area contributed by atoms with Crippen LogP contribution >= 0.6 is 11.3 Å². The zero-order valence-electron chi connectivity index (χ0n) is 15.2. The molecule has 1 aromatic carbocycles. The monoisotopic (exact) mass is 380 g/mol. The molecule has 27 heavy (non-hydrogen) atoms. The third-order valence-corrected chi connectivity index (χ3v) is 6.61. The zero-order valence-corrected chi connectivity index (χ0v) is 16.0. The van der Waals surface area contributed by atoms with E-state index in [1.165, 1.54) is 16.2 Å². The molecule has 3 aromatic rings. The number of hydrogen-bond donors (Lipinski definition) is 1. The molecule has 5 rings (SSSR count). The number of likely N-dealkylation sites (tertiary alicyclic amines) is 1. The van der Waals surface area contributed by atoms with Crippen molar-refractivity contribution in [2.75, 3.05) is 25.0 Å². The fraction of sp³-hybridized carbons (Fsp3) is 0.300. The molecule has 0 bridgehead atoms. The summed E-state index contributed by atoms with van der Waals surface area (Å²) < 4.78 is 2.09. The Morgan fingerprint density at radius 2 is 1.96 bits per heavy atom. The van der Waals surface area contributed by atoms with Crippen LogP contribution < -0.4 is 10.2 Å². The minimum atomic E-state index is -0.931. The fourth-order valence-electron chi connectivity index (χ4n) is 4.62. The van der Waals surface area contributed by atoms with Crippen molar-refractivity contribution in [3.8, 4) is 0 Å². The largest absolute Gasteiger partial charge is 0.350 e. The van der Waals surface area contributed by atoms with Gasteiger partial charge in [0.2, 0.25) is 0 Å². The number of anilines is 1. The van der Waals surface area contributed by atoms with Crippen LogP contribution in [0.2, 0.25) is 0 Å². The van der Waals surface area contributed by atoms with Crippen LogP contribution in [0.25, 0.3) is 10.9 Å². The topological polar surface area (TPSA) is 57.6 Å². The summed E-state index contributed by atoms with van der Waals surface area (Å²) in [5, 5.41) is 6.75. The summed E-state index contributed by atoms with van der Waals surface area (Å²) >= 11 is 1.40. The first kappa shape index (κ1) is 16.5. The molecule has 2 aliphatic heterocycles. The van der Waals surface area contributed by atoms with E-state index >= 15 is 0 Å². The van der Waals surface area contributed by atoms with Gasteiger partial charge in [-0.3, -0.25) is 4.79 Å². The molecule has 2 aliphatic rings. The number of carbonyl (C=O) groups excluding carboxylic acids is 2. The van der Waals surface area contributed by atoms with E-state index in [0.717, 1.165) is 23.0 Å². The van der Waals surface area contributed by atoms with Crippen molar-refractivity contribution in [3.63, 3.8) is 0 Å². The maximum atomic E-state index is 13.5. The van der Waals surface area contributed by atoms with Gasteiger partial charge in [-0.15, -0.1) is 11.3 Å². The van der Waals surface area contributed by atoms with Crippen LogP contribution in [0, 0.1) is 0 Å². The van der Waals surface area contributed by atoms with Crippen molar-refractivity contribution >= 4 is 39.2 Å². The van der Waals surface area contributed by atoms with Crippen LogP contribution in [0.4, 0.5) is 9.80 Å². The van der Waals surface area contributed by atoms with E-state index in [2.05, 4.69) is 33.1 Å². The maximum Gasteiger partial charge on any atom is 0.330 e. The van der Waals surface area contributed by atoms with Gasteiger partial charge in [-0.2, -0.15) is 0 Å². The van der Waals surface area contributed by atoms with E-state index in [1.807, 2.05) is 43.7 Å². The first-order chi connectivity index (χ1) is 13.0. The van der Waals surface area contributed by atoms with Crippen molar-refractivity contribution in [2.45, 2.75) is 11.5 Å². The van der Waals surface area contributed by atoms with Gasteiger partial charge in [0, 0.05) is 43.2 Å². The SMILES string of the molecule is CN1C[C@@H](c2cn(C)c3ccccc23)[C@]2(C1)NC(=O)N(c1cccs1)C2=O. The highest BCUT2D eigenvalue weighted by molar-refractivity contribution is 7.14. The number of fused-ring (bicyclic) bond motifs is 1. The summed E-state index contributed by atoms with van der Waals surface area (Å²) in [6, 6.07) is 11.5. The predicted molar refractivity (Wildman–Crippen MR) is 106 cm³/mol. The van der Waals surface area contributed by atoms with Gasteiger partial charge in [0.15, 0.2) is 0 Å². The van der Waals surface area contributed by atoms with Crippen molar-refractivity contribution in [1.82, 2.24) is 14.8 Å². The second-order valence-corrected chi connectivity index (χ2v) is 8.38. The number of amides is 3. The van der Waals surface area contributed by atoms with Gasteiger partial charge in [-0.05, 0) is 36.2 Å². The molecule has 2 aromatic heterocycles. The van der Waals surface area contributed by atoms with E-state index in [0.29, 0.717) is 11.5 Å². The van der Waals surface area contributed by atoms with Crippen LogP contribution in [0.3, 0.4) is 0 Å². The number of thiophene rings is 1. The minimum Gasteiger partial charge on any atom is -0.350 e. The van der Waals surface area contributed by atoms with Crippen LogP contribution in [0.1, 0.15) is 11.5 Å². The fourth-order valence-corrected chi connectivity index (χ4v) is 5.34. The van der Waals surface area contributed by atoms with Gasteiger partial charge in [0.25, 0.3) is 5.91 Å². The van der Waals surface area contributed by atoms with Crippen molar-refractivity contribution < 1.29 is 9.59 Å². The number of imide groups is 1. The van der Waals surface area contributed by atoms with Crippen LogP contribution in [0.15, 0.2) is 48.0 Å². The number of likely N-dealkylation sites (N-methyl/N-ethyl adjacent to an activating group) is 1. The molecule has 6 nitrogen and oxygen atoms in total. The smallest absolute Gasteiger partial charge is 0.330 e. The molecule has 0 radical (unpaired) electrons. The lowest BCUT2D eigenvalue weighted by molar-refractivity contribution is -0.122. The Kier molecular flexibility index (Phi) is 3.47. The standard InChI is InChI=1S/C20H20N4O2S/c1-22-11-15(14-10-23(2)16-7-4-3-6-13(14)16)20(12-22)18(25)24(19(26)21-20)17-8-5-9-27-17/h3-10,15H,11-12H2,1-2H3,(H,21,26)/t15-,20-/m0/s1. The van der Waals surface area contributed by atoms with Gasteiger partial charge in [-0.25, -0.2) is 9.69 Å². The Balaban J connectivity index is 1.65. The quantitative estimate of drug-likeness (QED) is 0.696. The average molecular weight is 380 g/mol. The molecular formula is C20H20N4O2S. The number of hydrogen-bond acceptors (Lipinski definition) is 4. The Hall–Kier alpha value is -2.64. The third-order valence-electron chi connectivity index (χ3n) is 5.76. The molecule has 2 atom stereocenters. The highest BCUT2D eigenvalue weighted by atomic mass is 32.1. The molecule has 0 unspecified atom stereocenters. The van der Waals surface area contributed by atoms with E-state index in [4.69, 9.17) is 0 Å². The molecule has 1 N–H and O–H groups in total. The second kappa shape index (κ2) is 5.68. The molecule has 0 saturated carbocycles. The molecule has 0 aliphatic carbocycles. The van der Waals surface area contributed by atoms with Gasteiger partial charge in [0.05, 0.1) is 0 Å². The lowest BCUT2D eigenvalue weighted by Gasteiger charge is -2.27. The van der Waals surface area contributed by atoms with Gasteiger partial charge >= 0.3 is 6.03 Å². The normalized spacial score (nSPS) is 25.9. The summed E-state index contributed by atoms with van der Waals surface area (Å²) in [6.07, 6.45) is 2.10. The Morgan fingerprint density at radius 1 is 1.15 bits per heavy atom. The highest BCUT2D eigenvalue weighted by Gasteiger charge is 2.60. The molecule has 138 valence electrons. The molecule has 2 fully saturated rings. The van der Waals surface area contributed by atoms with Gasteiger partial charge < -0.3 is 14.8 Å². The maximum absolute atomic E-state index is 13.5. The summed E-state index contributed by atoms with van der Waals surface area (Å²) in [6.45, 7) is 1.23. The first-order valence-electron chi connectivity index (χ1n) is 8.94. The molecule has 3 amide bonds.